The van der Waals surface area contributed by atoms with Crippen LogP contribution in [0.15, 0.2) is 24.3 Å². The summed E-state index contributed by atoms with van der Waals surface area (Å²) >= 11 is 0. The molecular weight excluding hydrogens is 236 g/mol. The standard InChI is InChI=1S/C16H26N2O/c1-4-5-6-9-12-17-16(19)14-10-7-8-11-15(14)18-13(2)3/h7-8,10-11,13,18H,4-6,9,12H2,1-3H3,(H,17,19). The van der Waals surface area contributed by atoms with Gasteiger partial charge in [-0.2, -0.15) is 0 Å². The molecule has 0 atom stereocenters. The lowest BCUT2D eigenvalue weighted by molar-refractivity contribution is 0.0953. The number of unbranched alkanes of at least 4 members (excludes halogenated alkanes) is 3. The summed E-state index contributed by atoms with van der Waals surface area (Å²) in [4.78, 5) is 12.1. The summed E-state index contributed by atoms with van der Waals surface area (Å²) in [5, 5.41) is 6.30. The van der Waals surface area contributed by atoms with E-state index in [1.807, 2.05) is 24.3 Å². The molecule has 0 bridgehead atoms. The van der Waals surface area contributed by atoms with Crippen LogP contribution in [-0.2, 0) is 0 Å². The summed E-state index contributed by atoms with van der Waals surface area (Å²) in [6.45, 7) is 7.08. The Kier molecular flexibility index (Phi) is 7.01. The van der Waals surface area contributed by atoms with E-state index < -0.39 is 0 Å². The van der Waals surface area contributed by atoms with Crippen molar-refractivity contribution in [3.05, 3.63) is 29.8 Å². The third kappa shape index (κ3) is 5.77. The molecule has 2 N–H and O–H groups in total. The van der Waals surface area contributed by atoms with Crippen molar-refractivity contribution in [2.75, 3.05) is 11.9 Å². The average Bonchev–Trinajstić information content (AvgIpc) is 2.38. The monoisotopic (exact) mass is 262 g/mol. The van der Waals surface area contributed by atoms with E-state index in [1.165, 1.54) is 19.3 Å². The SMILES string of the molecule is CCCCCCNC(=O)c1ccccc1NC(C)C. The maximum absolute atomic E-state index is 12.1. The van der Waals surface area contributed by atoms with Gasteiger partial charge in [0.2, 0.25) is 0 Å². The number of amides is 1. The van der Waals surface area contributed by atoms with Crippen LogP contribution < -0.4 is 10.6 Å². The molecule has 3 heteroatoms. The van der Waals surface area contributed by atoms with Gasteiger partial charge in [-0.1, -0.05) is 38.3 Å². The van der Waals surface area contributed by atoms with Crippen LogP contribution in [0.1, 0.15) is 56.8 Å². The first-order chi connectivity index (χ1) is 9.15. The van der Waals surface area contributed by atoms with E-state index in [1.54, 1.807) is 0 Å². The smallest absolute Gasteiger partial charge is 0.253 e. The number of anilines is 1. The van der Waals surface area contributed by atoms with Crippen LogP contribution >= 0.6 is 0 Å². The minimum Gasteiger partial charge on any atom is -0.382 e. The number of hydrogen-bond acceptors (Lipinski definition) is 2. The molecule has 0 aromatic heterocycles. The molecule has 0 saturated heterocycles. The Morgan fingerprint density at radius 2 is 1.89 bits per heavy atom. The quantitative estimate of drug-likeness (QED) is 0.699. The van der Waals surface area contributed by atoms with Gasteiger partial charge in [0, 0.05) is 18.3 Å². The van der Waals surface area contributed by atoms with Gasteiger partial charge < -0.3 is 10.6 Å². The zero-order valence-electron chi connectivity index (χ0n) is 12.3. The van der Waals surface area contributed by atoms with Crippen LogP contribution in [0.4, 0.5) is 5.69 Å². The van der Waals surface area contributed by atoms with Crippen LogP contribution in [0.2, 0.25) is 0 Å². The highest BCUT2D eigenvalue weighted by Crippen LogP contribution is 2.15. The topological polar surface area (TPSA) is 41.1 Å². The first-order valence-corrected chi connectivity index (χ1v) is 7.29. The number of hydrogen-bond donors (Lipinski definition) is 2. The zero-order valence-corrected chi connectivity index (χ0v) is 12.3. The molecule has 3 nitrogen and oxygen atoms in total. The maximum Gasteiger partial charge on any atom is 0.253 e. The first-order valence-electron chi connectivity index (χ1n) is 7.29. The van der Waals surface area contributed by atoms with Crippen molar-refractivity contribution in [2.24, 2.45) is 0 Å². The van der Waals surface area contributed by atoms with Crippen LogP contribution in [0, 0.1) is 0 Å². The van der Waals surface area contributed by atoms with Crippen molar-refractivity contribution in [1.82, 2.24) is 5.32 Å². The highest BCUT2D eigenvalue weighted by Gasteiger charge is 2.10. The molecule has 1 aromatic carbocycles. The van der Waals surface area contributed by atoms with Crippen molar-refractivity contribution >= 4 is 11.6 Å². The fraction of sp³-hybridized carbons (Fsp3) is 0.562. The summed E-state index contributed by atoms with van der Waals surface area (Å²) in [6, 6.07) is 7.98. The molecule has 0 aliphatic carbocycles. The number of nitrogens with one attached hydrogen (secondary N) is 2. The van der Waals surface area contributed by atoms with Gasteiger partial charge in [-0.3, -0.25) is 4.79 Å². The molecule has 0 aliphatic rings. The fourth-order valence-corrected chi connectivity index (χ4v) is 1.97. The van der Waals surface area contributed by atoms with E-state index in [-0.39, 0.29) is 5.91 Å². The molecule has 1 aromatic rings. The highest BCUT2D eigenvalue weighted by molar-refractivity contribution is 5.99. The van der Waals surface area contributed by atoms with Gasteiger partial charge in [-0.15, -0.1) is 0 Å². The molecule has 0 saturated carbocycles. The molecule has 106 valence electrons. The van der Waals surface area contributed by atoms with Crippen molar-refractivity contribution in [3.63, 3.8) is 0 Å². The number of rotatable bonds is 8. The van der Waals surface area contributed by atoms with Crippen molar-refractivity contribution in [1.29, 1.82) is 0 Å². The Morgan fingerprint density at radius 3 is 2.58 bits per heavy atom. The Balaban J connectivity index is 2.51. The lowest BCUT2D eigenvalue weighted by Crippen LogP contribution is -2.26. The minimum absolute atomic E-state index is 0.0141. The molecule has 1 amide bonds. The molecule has 0 unspecified atom stereocenters. The van der Waals surface area contributed by atoms with E-state index in [2.05, 4.69) is 31.4 Å². The van der Waals surface area contributed by atoms with Gasteiger partial charge in [0.15, 0.2) is 0 Å². The summed E-state index contributed by atoms with van der Waals surface area (Å²) in [5.41, 5.74) is 1.63. The second-order valence-electron chi connectivity index (χ2n) is 5.16. The Morgan fingerprint density at radius 1 is 1.16 bits per heavy atom. The van der Waals surface area contributed by atoms with Gasteiger partial charge in [-0.05, 0) is 32.4 Å². The number of para-hydroxylation sites is 1. The van der Waals surface area contributed by atoms with Crippen LogP contribution in [-0.4, -0.2) is 18.5 Å². The van der Waals surface area contributed by atoms with E-state index in [0.29, 0.717) is 6.04 Å². The summed E-state index contributed by atoms with van der Waals surface area (Å²) in [6.07, 6.45) is 4.69. The van der Waals surface area contributed by atoms with Gasteiger partial charge >= 0.3 is 0 Å². The van der Waals surface area contributed by atoms with Gasteiger partial charge in [0.25, 0.3) is 5.91 Å². The largest absolute Gasteiger partial charge is 0.382 e. The summed E-state index contributed by atoms with van der Waals surface area (Å²) in [7, 11) is 0. The van der Waals surface area contributed by atoms with Gasteiger partial charge in [0.1, 0.15) is 0 Å². The molecule has 0 spiro atoms. The Hall–Kier alpha value is -1.51. The molecule has 0 radical (unpaired) electrons. The molecule has 1 rings (SSSR count). The molecule has 0 aliphatic heterocycles. The van der Waals surface area contributed by atoms with Crippen LogP contribution in [0.25, 0.3) is 0 Å². The van der Waals surface area contributed by atoms with Crippen molar-refractivity contribution in [2.45, 2.75) is 52.5 Å². The summed E-state index contributed by atoms with van der Waals surface area (Å²) < 4.78 is 0. The van der Waals surface area contributed by atoms with E-state index in [4.69, 9.17) is 0 Å². The predicted molar refractivity (Wildman–Crippen MR) is 81.7 cm³/mol. The highest BCUT2D eigenvalue weighted by atomic mass is 16.1. The van der Waals surface area contributed by atoms with Crippen molar-refractivity contribution < 1.29 is 4.79 Å². The second kappa shape index (κ2) is 8.57. The average molecular weight is 262 g/mol. The lowest BCUT2D eigenvalue weighted by atomic mass is 10.1. The Bertz CT molecular complexity index is 388. The van der Waals surface area contributed by atoms with E-state index >= 15 is 0 Å². The number of carbonyl (C=O) groups is 1. The van der Waals surface area contributed by atoms with Gasteiger partial charge in [0.05, 0.1) is 5.56 Å². The fourth-order valence-electron chi connectivity index (χ4n) is 1.97. The number of carbonyl (C=O) groups excluding carboxylic acids is 1. The van der Waals surface area contributed by atoms with Gasteiger partial charge in [-0.25, -0.2) is 0 Å². The van der Waals surface area contributed by atoms with Crippen LogP contribution in [0.5, 0.6) is 0 Å². The molecule has 19 heavy (non-hydrogen) atoms. The number of benzene rings is 1. The normalized spacial score (nSPS) is 10.5. The molecular formula is C16H26N2O. The second-order valence-corrected chi connectivity index (χ2v) is 5.16. The predicted octanol–water partition coefficient (Wildman–Crippen LogP) is 3.82. The lowest BCUT2D eigenvalue weighted by Gasteiger charge is -2.14. The third-order valence-corrected chi connectivity index (χ3v) is 2.93. The van der Waals surface area contributed by atoms with Crippen LogP contribution in [0.3, 0.4) is 0 Å². The molecule has 0 heterocycles. The zero-order chi connectivity index (χ0) is 14.1. The van der Waals surface area contributed by atoms with E-state index in [0.717, 1.165) is 24.2 Å². The first kappa shape index (κ1) is 15.5. The van der Waals surface area contributed by atoms with Crippen molar-refractivity contribution in [3.8, 4) is 0 Å². The third-order valence-electron chi connectivity index (χ3n) is 2.93. The Labute approximate surface area is 116 Å². The van der Waals surface area contributed by atoms with E-state index in [9.17, 15) is 4.79 Å². The minimum atomic E-state index is 0.0141. The maximum atomic E-state index is 12.1. The summed E-state index contributed by atoms with van der Waals surface area (Å²) in [5.74, 6) is 0.0141. The molecule has 0 fully saturated rings.